The number of esters is 1. The minimum absolute atomic E-state index is 0.327. The second-order valence-corrected chi connectivity index (χ2v) is 7.83. The van der Waals surface area contributed by atoms with Crippen LogP contribution in [0.2, 0.25) is 10.0 Å². The Morgan fingerprint density at radius 1 is 1.09 bits per heavy atom. The molecule has 0 spiro atoms. The zero-order chi connectivity index (χ0) is 23.1. The van der Waals surface area contributed by atoms with Gasteiger partial charge in [0, 0.05) is 22.2 Å². The van der Waals surface area contributed by atoms with Gasteiger partial charge >= 0.3 is 5.97 Å². The van der Waals surface area contributed by atoms with Crippen LogP contribution in [0.25, 0.3) is 6.08 Å². The van der Waals surface area contributed by atoms with Crippen LogP contribution in [-0.2, 0) is 16.1 Å². The summed E-state index contributed by atoms with van der Waals surface area (Å²) in [6, 6.07) is 14.6. The second-order valence-electron chi connectivity index (χ2n) is 7.01. The van der Waals surface area contributed by atoms with Gasteiger partial charge in [0.2, 0.25) is 5.88 Å². The van der Waals surface area contributed by atoms with Crippen molar-refractivity contribution in [2.45, 2.75) is 27.4 Å². The molecule has 5 nitrogen and oxygen atoms in total. The van der Waals surface area contributed by atoms with Gasteiger partial charge in [-0.1, -0.05) is 41.4 Å². The van der Waals surface area contributed by atoms with Crippen LogP contribution in [0.15, 0.2) is 60.3 Å². The van der Waals surface area contributed by atoms with Gasteiger partial charge in [0.05, 0.1) is 17.8 Å². The molecule has 0 N–H and O–H groups in total. The van der Waals surface area contributed by atoms with E-state index in [-0.39, 0.29) is 5.97 Å². The third kappa shape index (κ3) is 6.25. The van der Waals surface area contributed by atoms with Crippen LogP contribution < -0.4 is 9.47 Å². The van der Waals surface area contributed by atoms with Gasteiger partial charge in [-0.3, -0.25) is 0 Å². The lowest BCUT2D eigenvalue weighted by Crippen LogP contribution is -2.04. The van der Waals surface area contributed by atoms with E-state index in [1.165, 1.54) is 0 Å². The normalized spacial score (nSPS) is 11.2. The molecule has 3 rings (SSSR count). The molecule has 0 radical (unpaired) electrons. The van der Waals surface area contributed by atoms with Crippen molar-refractivity contribution in [1.82, 2.24) is 4.98 Å². The Morgan fingerprint density at radius 2 is 1.88 bits per heavy atom. The van der Waals surface area contributed by atoms with Crippen molar-refractivity contribution in [3.05, 3.63) is 87.0 Å². The molecular weight excluding hydrogens is 449 g/mol. The average Bonchev–Trinajstić information content (AvgIpc) is 2.77. The quantitative estimate of drug-likeness (QED) is 0.260. The number of pyridine rings is 1. The van der Waals surface area contributed by atoms with Crippen molar-refractivity contribution in [2.24, 2.45) is 0 Å². The van der Waals surface area contributed by atoms with Crippen LogP contribution in [0, 0.1) is 6.92 Å². The van der Waals surface area contributed by atoms with Crippen molar-refractivity contribution < 1.29 is 19.0 Å². The molecule has 0 saturated carbocycles. The number of aryl methyl sites for hydroxylation is 1. The van der Waals surface area contributed by atoms with E-state index in [9.17, 15) is 4.79 Å². The van der Waals surface area contributed by atoms with E-state index in [4.69, 9.17) is 37.4 Å². The Labute approximate surface area is 197 Å². The predicted octanol–water partition coefficient (Wildman–Crippen LogP) is 7.03. The molecule has 32 heavy (non-hydrogen) atoms. The standard InChI is InChI=1S/C25H23Cl2NO4/c1-4-30-25(29)17(3)12-18-11-16(2)24(22(27)13-18)32-23-10-9-20(14-28-23)31-15-19-7-5-6-8-21(19)26/h5-14H,4,15H2,1-3H3. The summed E-state index contributed by atoms with van der Waals surface area (Å²) in [5, 5.41) is 1.06. The SMILES string of the molecule is CCOC(=O)C(C)=Cc1cc(C)c(Oc2ccc(OCc3ccccc3Cl)cn2)c(Cl)c1. The van der Waals surface area contributed by atoms with Gasteiger partial charge in [-0.25, -0.2) is 9.78 Å². The molecule has 0 bridgehead atoms. The minimum atomic E-state index is -0.359. The van der Waals surface area contributed by atoms with E-state index in [1.54, 1.807) is 44.3 Å². The monoisotopic (exact) mass is 471 g/mol. The molecule has 3 aromatic rings. The Morgan fingerprint density at radius 3 is 2.53 bits per heavy atom. The van der Waals surface area contributed by atoms with E-state index < -0.39 is 0 Å². The first-order chi connectivity index (χ1) is 15.4. The Kier molecular flexibility index (Phi) is 8.14. The number of carbonyl (C=O) groups excluding carboxylic acids is 1. The van der Waals surface area contributed by atoms with E-state index >= 15 is 0 Å². The first-order valence-electron chi connectivity index (χ1n) is 10.0. The van der Waals surface area contributed by atoms with Gasteiger partial charge in [-0.15, -0.1) is 0 Å². The van der Waals surface area contributed by atoms with Crippen molar-refractivity contribution in [3.8, 4) is 17.4 Å². The number of aromatic nitrogens is 1. The molecule has 0 aliphatic heterocycles. The molecule has 0 atom stereocenters. The fourth-order valence-corrected chi connectivity index (χ4v) is 3.42. The van der Waals surface area contributed by atoms with Gasteiger partial charge in [-0.2, -0.15) is 0 Å². The summed E-state index contributed by atoms with van der Waals surface area (Å²) in [5.41, 5.74) is 2.97. The highest BCUT2D eigenvalue weighted by atomic mass is 35.5. The maximum atomic E-state index is 11.8. The summed E-state index contributed by atoms with van der Waals surface area (Å²) in [4.78, 5) is 16.1. The van der Waals surface area contributed by atoms with Crippen LogP contribution in [0.3, 0.4) is 0 Å². The highest BCUT2D eigenvalue weighted by Crippen LogP contribution is 2.34. The highest BCUT2D eigenvalue weighted by Gasteiger charge is 2.12. The van der Waals surface area contributed by atoms with Gasteiger partial charge in [0.25, 0.3) is 0 Å². The third-order valence-corrected chi connectivity index (χ3v) is 5.15. The summed E-state index contributed by atoms with van der Waals surface area (Å²) < 4.78 is 16.6. The number of ether oxygens (including phenoxy) is 3. The largest absolute Gasteiger partial charge is 0.487 e. The first kappa shape index (κ1) is 23.6. The number of hydrogen-bond donors (Lipinski definition) is 0. The Hall–Kier alpha value is -3.02. The molecule has 1 aromatic heterocycles. The molecule has 0 saturated heterocycles. The fourth-order valence-electron chi connectivity index (χ4n) is 2.92. The molecule has 7 heteroatoms. The number of nitrogens with zero attached hydrogens (tertiary/aromatic N) is 1. The summed E-state index contributed by atoms with van der Waals surface area (Å²) in [5.74, 6) is 1.11. The van der Waals surface area contributed by atoms with Gasteiger partial charge in [-0.05, 0) is 62.2 Å². The molecule has 0 unspecified atom stereocenters. The van der Waals surface area contributed by atoms with Crippen LogP contribution in [-0.4, -0.2) is 17.6 Å². The lowest BCUT2D eigenvalue weighted by Gasteiger charge is -2.12. The Bertz CT molecular complexity index is 1100. The molecule has 0 fully saturated rings. The molecule has 0 amide bonds. The van der Waals surface area contributed by atoms with Crippen molar-refractivity contribution in [3.63, 3.8) is 0 Å². The van der Waals surface area contributed by atoms with E-state index in [0.29, 0.717) is 46.2 Å². The molecule has 166 valence electrons. The van der Waals surface area contributed by atoms with Gasteiger partial charge < -0.3 is 14.2 Å². The second kappa shape index (κ2) is 11.0. The number of hydrogen-bond acceptors (Lipinski definition) is 5. The summed E-state index contributed by atoms with van der Waals surface area (Å²) in [6.07, 6.45) is 3.30. The average molecular weight is 472 g/mol. The van der Waals surface area contributed by atoms with Crippen molar-refractivity contribution in [2.75, 3.05) is 6.61 Å². The van der Waals surface area contributed by atoms with Crippen LogP contribution in [0.1, 0.15) is 30.5 Å². The molecule has 0 aliphatic carbocycles. The van der Waals surface area contributed by atoms with Crippen molar-refractivity contribution >= 4 is 35.2 Å². The number of benzene rings is 2. The zero-order valence-corrected chi connectivity index (χ0v) is 19.5. The van der Waals surface area contributed by atoms with Crippen LogP contribution in [0.5, 0.6) is 17.4 Å². The minimum Gasteiger partial charge on any atom is -0.487 e. The molecule has 2 aromatic carbocycles. The molecular formula is C25H23Cl2NO4. The van der Waals surface area contributed by atoms with E-state index in [0.717, 1.165) is 16.7 Å². The summed E-state index contributed by atoms with van der Waals surface area (Å²) in [6.45, 7) is 6.01. The lowest BCUT2D eigenvalue weighted by atomic mass is 10.1. The van der Waals surface area contributed by atoms with Crippen LogP contribution >= 0.6 is 23.2 Å². The summed E-state index contributed by atoms with van der Waals surface area (Å²) in [7, 11) is 0. The van der Waals surface area contributed by atoms with Gasteiger partial charge in [0.1, 0.15) is 12.4 Å². The van der Waals surface area contributed by atoms with E-state index in [1.807, 2.05) is 37.3 Å². The molecule has 0 aliphatic rings. The third-order valence-electron chi connectivity index (χ3n) is 4.50. The summed E-state index contributed by atoms with van der Waals surface area (Å²) >= 11 is 12.6. The van der Waals surface area contributed by atoms with Gasteiger partial charge in [0.15, 0.2) is 5.75 Å². The predicted molar refractivity (Wildman–Crippen MR) is 127 cm³/mol. The number of carbonyl (C=O) groups is 1. The first-order valence-corrected chi connectivity index (χ1v) is 10.8. The fraction of sp³-hybridized carbons (Fsp3) is 0.200. The van der Waals surface area contributed by atoms with E-state index in [2.05, 4.69) is 4.98 Å². The maximum Gasteiger partial charge on any atom is 0.333 e. The Balaban J connectivity index is 1.68. The number of rotatable bonds is 8. The van der Waals surface area contributed by atoms with Crippen molar-refractivity contribution in [1.29, 1.82) is 0 Å². The number of halogens is 2. The maximum absolute atomic E-state index is 11.8. The lowest BCUT2D eigenvalue weighted by molar-refractivity contribution is -0.138. The molecule has 1 heterocycles. The zero-order valence-electron chi connectivity index (χ0n) is 18.0. The van der Waals surface area contributed by atoms with Crippen LogP contribution in [0.4, 0.5) is 0 Å². The highest BCUT2D eigenvalue weighted by molar-refractivity contribution is 6.32. The topological polar surface area (TPSA) is 57.7 Å². The smallest absolute Gasteiger partial charge is 0.333 e.